The summed E-state index contributed by atoms with van der Waals surface area (Å²) in [5.74, 6) is -0.107. The molecule has 0 unspecified atom stereocenters. The van der Waals surface area contributed by atoms with E-state index in [9.17, 15) is 9.59 Å². The Morgan fingerprint density at radius 2 is 2.20 bits per heavy atom. The topological polar surface area (TPSA) is 62.6 Å². The Hall–Kier alpha value is -2.14. The Balaban J connectivity index is 1.97. The van der Waals surface area contributed by atoms with Gasteiger partial charge in [-0.3, -0.25) is 9.59 Å². The van der Waals surface area contributed by atoms with Crippen LogP contribution in [0.4, 0.5) is 0 Å². The fourth-order valence-electron chi connectivity index (χ4n) is 2.48. The van der Waals surface area contributed by atoms with E-state index in [4.69, 9.17) is 4.42 Å². The number of fused-ring (bicyclic) bond motifs is 1. The minimum Gasteiger partial charge on any atom is -0.451 e. The number of hydrogen-bond acceptors (Lipinski definition) is 4. The van der Waals surface area contributed by atoms with Gasteiger partial charge in [-0.1, -0.05) is 12.1 Å². The highest BCUT2D eigenvalue weighted by Crippen LogP contribution is 2.14. The number of hydrogen-bond donors (Lipinski definition) is 1. The molecule has 1 saturated heterocycles. The van der Waals surface area contributed by atoms with Gasteiger partial charge in [-0.25, -0.2) is 0 Å². The van der Waals surface area contributed by atoms with Crippen molar-refractivity contribution in [2.45, 2.75) is 13.0 Å². The molecule has 1 aromatic heterocycles. The van der Waals surface area contributed by atoms with Crippen LogP contribution in [0.15, 0.2) is 39.5 Å². The number of benzene rings is 1. The van der Waals surface area contributed by atoms with Gasteiger partial charge in [0.1, 0.15) is 5.58 Å². The number of rotatable bonds is 1. The minimum atomic E-state index is -0.221. The summed E-state index contributed by atoms with van der Waals surface area (Å²) in [6, 6.07) is 8.50. The maximum Gasteiger partial charge on any atom is 0.289 e. The van der Waals surface area contributed by atoms with Crippen LogP contribution in [0.5, 0.6) is 0 Å². The van der Waals surface area contributed by atoms with Crippen molar-refractivity contribution in [1.29, 1.82) is 0 Å². The zero-order valence-electron chi connectivity index (χ0n) is 11.3. The summed E-state index contributed by atoms with van der Waals surface area (Å²) >= 11 is 0. The van der Waals surface area contributed by atoms with Gasteiger partial charge in [0.2, 0.25) is 0 Å². The molecule has 5 nitrogen and oxygen atoms in total. The van der Waals surface area contributed by atoms with Crippen molar-refractivity contribution in [3.05, 3.63) is 46.3 Å². The third-order valence-electron chi connectivity index (χ3n) is 3.50. The molecule has 20 heavy (non-hydrogen) atoms. The summed E-state index contributed by atoms with van der Waals surface area (Å²) in [5, 5.41) is 3.77. The number of nitrogens with one attached hydrogen (secondary N) is 1. The fraction of sp³-hybridized carbons (Fsp3) is 0.333. The van der Waals surface area contributed by atoms with Crippen LogP contribution in [0.1, 0.15) is 17.5 Å². The van der Waals surface area contributed by atoms with Gasteiger partial charge < -0.3 is 14.6 Å². The maximum absolute atomic E-state index is 12.4. The lowest BCUT2D eigenvalue weighted by atomic mass is 10.2. The molecule has 5 heteroatoms. The van der Waals surface area contributed by atoms with Gasteiger partial charge in [0.05, 0.1) is 5.39 Å². The summed E-state index contributed by atoms with van der Waals surface area (Å²) in [4.78, 5) is 26.1. The van der Waals surface area contributed by atoms with E-state index in [0.717, 1.165) is 6.54 Å². The van der Waals surface area contributed by atoms with E-state index < -0.39 is 0 Å². The van der Waals surface area contributed by atoms with E-state index in [0.29, 0.717) is 24.1 Å². The lowest BCUT2D eigenvalue weighted by Crippen LogP contribution is -2.51. The molecule has 2 aromatic rings. The quantitative estimate of drug-likeness (QED) is 0.848. The minimum absolute atomic E-state index is 0.114. The summed E-state index contributed by atoms with van der Waals surface area (Å²) in [7, 11) is 0. The summed E-state index contributed by atoms with van der Waals surface area (Å²) in [6.07, 6.45) is 0. The van der Waals surface area contributed by atoms with Crippen molar-refractivity contribution in [2.75, 3.05) is 19.6 Å². The predicted molar refractivity (Wildman–Crippen MR) is 75.9 cm³/mol. The molecule has 104 valence electrons. The Kier molecular flexibility index (Phi) is 3.28. The lowest BCUT2D eigenvalue weighted by Gasteiger charge is -2.31. The van der Waals surface area contributed by atoms with Crippen LogP contribution < -0.4 is 10.7 Å². The number of para-hydroxylation sites is 1. The van der Waals surface area contributed by atoms with Crippen molar-refractivity contribution in [3.8, 4) is 0 Å². The van der Waals surface area contributed by atoms with Crippen molar-refractivity contribution in [3.63, 3.8) is 0 Å². The molecule has 3 rings (SSSR count). The van der Waals surface area contributed by atoms with E-state index >= 15 is 0 Å². The third-order valence-corrected chi connectivity index (χ3v) is 3.50. The molecule has 1 amide bonds. The molecule has 2 heterocycles. The number of piperazine rings is 1. The van der Waals surface area contributed by atoms with Crippen molar-refractivity contribution in [2.24, 2.45) is 0 Å². The molecule has 1 atom stereocenters. The van der Waals surface area contributed by atoms with Crippen LogP contribution in [-0.2, 0) is 0 Å². The van der Waals surface area contributed by atoms with Crippen LogP contribution in [0.25, 0.3) is 11.0 Å². The van der Waals surface area contributed by atoms with Gasteiger partial charge >= 0.3 is 0 Å². The number of amides is 1. The number of carbonyl (C=O) groups is 1. The second-order valence-corrected chi connectivity index (χ2v) is 5.08. The summed E-state index contributed by atoms with van der Waals surface area (Å²) in [5.41, 5.74) is 0.268. The molecular formula is C15H16N2O3. The van der Waals surface area contributed by atoms with Crippen molar-refractivity contribution >= 4 is 16.9 Å². The highest BCUT2D eigenvalue weighted by atomic mass is 16.3. The SMILES string of the molecule is C[C@@H]1CN(C(=O)c2cc(=O)c3ccccc3o2)CCN1. The summed E-state index contributed by atoms with van der Waals surface area (Å²) in [6.45, 7) is 4.02. The normalized spacial score (nSPS) is 19.2. The average molecular weight is 272 g/mol. The maximum atomic E-state index is 12.4. The molecule has 1 N–H and O–H groups in total. The van der Waals surface area contributed by atoms with Gasteiger partial charge in [0.15, 0.2) is 11.2 Å². The predicted octanol–water partition coefficient (Wildman–Crippen LogP) is 1.23. The van der Waals surface area contributed by atoms with Crippen LogP contribution >= 0.6 is 0 Å². The van der Waals surface area contributed by atoms with Crippen molar-refractivity contribution < 1.29 is 9.21 Å². The standard InChI is InChI=1S/C15H16N2O3/c1-10-9-17(7-6-16-10)15(19)14-8-12(18)11-4-2-3-5-13(11)20-14/h2-5,8,10,16H,6-7,9H2,1H3/t10-/m1/s1. The second kappa shape index (κ2) is 5.09. The number of carbonyl (C=O) groups excluding carboxylic acids is 1. The first-order chi connectivity index (χ1) is 9.65. The Morgan fingerprint density at radius 1 is 1.40 bits per heavy atom. The fourth-order valence-corrected chi connectivity index (χ4v) is 2.48. The van der Waals surface area contributed by atoms with Gasteiger partial charge in [-0.2, -0.15) is 0 Å². The van der Waals surface area contributed by atoms with Crippen LogP contribution in [0.3, 0.4) is 0 Å². The van der Waals surface area contributed by atoms with Crippen molar-refractivity contribution in [1.82, 2.24) is 10.2 Å². The molecular weight excluding hydrogens is 256 g/mol. The third kappa shape index (κ3) is 2.32. The summed E-state index contributed by atoms with van der Waals surface area (Å²) < 4.78 is 5.58. The smallest absolute Gasteiger partial charge is 0.289 e. The highest BCUT2D eigenvalue weighted by molar-refractivity contribution is 5.93. The zero-order chi connectivity index (χ0) is 14.1. The average Bonchev–Trinajstić information content (AvgIpc) is 2.46. The van der Waals surface area contributed by atoms with Crippen LogP contribution in [0.2, 0.25) is 0 Å². The molecule has 0 spiro atoms. The first kappa shape index (κ1) is 12.9. The molecule has 0 radical (unpaired) electrons. The van der Waals surface area contributed by atoms with E-state index in [-0.39, 0.29) is 23.1 Å². The largest absolute Gasteiger partial charge is 0.451 e. The molecule has 0 saturated carbocycles. The molecule has 0 aliphatic carbocycles. The highest BCUT2D eigenvalue weighted by Gasteiger charge is 2.24. The Labute approximate surface area is 116 Å². The molecule has 1 aliphatic rings. The lowest BCUT2D eigenvalue weighted by molar-refractivity contribution is 0.0677. The monoisotopic (exact) mass is 272 g/mol. The van der Waals surface area contributed by atoms with E-state index in [1.807, 2.05) is 6.92 Å². The van der Waals surface area contributed by atoms with Gasteiger partial charge in [-0.05, 0) is 19.1 Å². The van der Waals surface area contributed by atoms with Crippen LogP contribution in [0, 0.1) is 0 Å². The Bertz CT molecular complexity index is 708. The van der Waals surface area contributed by atoms with E-state index in [1.54, 1.807) is 29.2 Å². The zero-order valence-corrected chi connectivity index (χ0v) is 11.3. The molecule has 1 aromatic carbocycles. The van der Waals surface area contributed by atoms with Gasteiger partial charge in [0.25, 0.3) is 5.91 Å². The second-order valence-electron chi connectivity index (χ2n) is 5.08. The molecule has 1 aliphatic heterocycles. The van der Waals surface area contributed by atoms with Gasteiger partial charge in [0, 0.05) is 31.7 Å². The van der Waals surface area contributed by atoms with E-state index in [1.165, 1.54) is 6.07 Å². The first-order valence-corrected chi connectivity index (χ1v) is 6.71. The number of nitrogens with zero attached hydrogens (tertiary/aromatic N) is 1. The Morgan fingerprint density at radius 3 is 3.00 bits per heavy atom. The molecule has 1 fully saturated rings. The van der Waals surface area contributed by atoms with E-state index in [2.05, 4.69) is 5.32 Å². The van der Waals surface area contributed by atoms with Crippen LogP contribution in [-0.4, -0.2) is 36.5 Å². The molecule has 0 bridgehead atoms. The first-order valence-electron chi connectivity index (χ1n) is 6.71. The van der Waals surface area contributed by atoms with Gasteiger partial charge in [-0.15, -0.1) is 0 Å².